The maximum absolute atomic E-state index is 6.16. The molecule has 1 unspecified atom stereocenters. The lowest BCUT2D eigenvalue weighted by Crippen LogP contribution is -2.28. The molecular weight excluding hydrogens is 382 g/mol. The Bertz CT molecular complexity index is 1210. The second-order valence-corrected chi connectivity index (χ2v) is 9.76. The first-order valence-electron chi connectivity index (χ1n) is 10.4. The molecule has 0 amide bonds. The topological polar surface area (TPSA) is 86.9 Å². The molecule has 7 nitrogen and oxygen atoms in total. The summed E-state index contributed by atoms with van der Waals surface area (Å²) in [5.74, 6) is 1.33. The minimum Gasteiger partial charge on any atom is -0.396 e. The third-order valence-electron chi connectivity index (χ3n) is 6.78. The number of nitrogen functional groups attached to an aromatic ring is 1. The van der Waals surface area contributed by atoms with Gasteiger partial charge in [0, 0.05) is 11.4 Å². The molecule has 1 atom stereocenters. The molecule has 152 valence electrons. The Morgan fingerprint density at radius 2 is 2.14 bits per heavy atom. The van der Waals surface area contributed by atoms with E-state index >= 15 is 0 Å². The molecular formula is C21H27N7S. The van der Waals surface area contributed by atoms with E-state index in [-0.39, 0.29) is 0 Å². The van der Waals surface area contributed by atoms with Crippen molar-refractivity contribution in [2.75, 3.05) is 5.73 Å². The van der Waals surface area contributed by atoms with Gasteiger partial charge in [-0.25, -0.2) is 14.5 Å². The summed E-state index contributed by atoms with van der Waals surface area (Å²) < 4.78 is 3.63. The van der Waals surface area contributed by atoms with E-state index in [4.69, 9.17) is 15.7 Å². The lowest BCUT2D eigenvalue weighted by Gasteiger charge is -2.36. The van der Waals surface area contributed by atoms with E-state index in [2.05, 4.69) is 31.0 Å². The molecule has 2 N–H and O–H groups in total. The molecule has 4 aromatic heterocycles. The van der Waals surface area contributed by atoms with Gasteiger partial charge in [-0.1, -0.05) is 27.2 Å². The molecule has 5 rings (SSSR count). The number of thiophene rings is 1. The molecule has 1 aliphatic carbocycles. The molecule has 0 saturated carbocycles. The first-order chi connectivity index (χ1) is 13.9. The number of hydrogen-bond donors (Lipinski definition) is 1. The van der Waals surface area contributed by atoms with Gasteiger partial charge in [0.25, 0.3) is 0 Å². The van der Waals surface area contributed by atoms with Gasteiger partial charge < -0.3 is 5.73 Å². The first-order valence-corrected chi connectivity index (χ1v) is 11.2. The van der Waals surface area contributed by atoms with Crippen molar-refractivity contribution < 1.29 is 0 Å². The summed E-state index contributed by atoms with van der Waals surface area (Å²) in [6.07, 6.45) is 8.09. The molecule has 0 spiro atoms. The zero-order chi connectivity index (χ0) is 20.3. The quantitative estimate of drug-likeness (QED) is 0.541. The van der Waals surface area contributed by atoms with Crippen LogP contribution in [-0.4, -0.2) is 29.4 Å². The average molecular weight is 410 g/mol. The summed E-state index contributed by atoms with van der Waals surface area (Å²) in [5.41, 5.74) is 10.2. The number of nitrogens with zero attached hydrogens (tertiary/aromatic N) is 6. The van der Waals surface area contributed by atoms with E-state index in [1.807, 2.05) is 22.9 Å². The second kappa shape index (κ2) is 6.52. The number of nitrogens with two attached hydrogens (primary N) is 1. The molecule has 29 heavy (non-hydrogen) atoms. The van der Waals surface area contributed by atoms with Gasteiger partial charge >= 0.3 is 0 Å². The number of hydrogen-bond acceptors (Lipinski definition) is 6. The SMILES string of the molecule is CCn1ncc(N)c1-c1nc2c3c4c(sc3ncn2n1)CC(C(C)(C)CC)CC4. The number of aryl methyl sites for hydroxylation is 2. The number of anilines is 1. The Hall–Kier alpha value is -2.48. The lowest BCUT2D eigenvalue weighted by atomic mass is 9.70. The molecule has 0 bridgehead atoms. The smallest absolute Gasteiger partial charge is 0.202 e. The Balaban J connectivity index is 1.65. The van der Waals surface area contributed by atoms with Crippen LogP contribution in [0.25, 0.3) is 27.4 Å². The molecule has 0 saturated heterocycles. The fraction of sp³-hybridized carbons (Fsp3) is 0.524. The predicted molar refractivity (Wildman–Crippen MR) is 117 cm³/mol. The first kappa shape index (κ1) is 18.5. The highest BCUT2D eigenvalue weighted by atomic mass is 32.1. The monoisotopic (exact) mass is 409 g/mol. The van der Waals surface area contributed by atoms with E-state index in [0.717, 1.165) is 41.5 Å². The number of fused-ring (bicyclic) bond motifs is 5. The van der Waals surface area contributed by atoms with E-state index < -0.39 is 0 Å². The Kier molecular flexibility index (Phi) is 4.17. The van der Waals surface area contributed by atoms with Gasteiger partial charge in [-0.3, -0.25) is 4.68 Å². The summed E-state index contributed by atoms with van der Waals surface area (Å²) in [5, 5.41) is 10.2. The van der Waals surface area contributed by atoms with Crippen molar-refractivity contribution in [3.63, 3.8) is 0 Å². The van der Waals surface area contributed by atoms with Crippen LogP contribution in [-0.2, 0) is 19.4 Å². The van der Waals surface area contributed by atoms with Crippen LogP contribution in [0.3, 0.4) is 0 Å². The van der Waals surface area contributed by atoms with Gasteiger partial charge in [-0.2, -0.15) is 5.10 Å². The molecule has 0 radical (unpaired) electrons. The van der Waals surface area contributed by atoms with Gasteiger partial charge in [-0.05, 0) is 43.1 Å². The fourth-order valence-corrected chi connectivity index (χ4v) is 5.78. The Labute approximate surface area is 174 Å². The molecule has 4 aromatic rings. The van der Waals surface area contributed by atoms with Crippen LogP contribution < -0.4 is 5.73 Å². The van der Waals surface area contributed by atoms with Crippen LogP contribution in [0.15, 0.2) is 12.5 Å². The van der Waals surface area contributed by atoms with Gasteiger partial charge in [0.05, 0.1) is 17.3 Å². The van der Waals surface area contributed by atoms with E-state index in [9.17, 15) is 0 Å². The molecule has 0 aromatic carbocycles. The largest absolute Gasteiger partial charge is 0.396 e. The average Bonchev–Trinajstić information content (AvgIpc) is 3.40. The normalized spacial score (nSPS) is 17.3. The van der Waals surface area contributed by atoms with Gasteiger partial charge in [0.1, 0.15) is 16.9 Å². The summed E-state index contributed by atoms with van der Waals surface area (Å²) in [4.78, 5) is 12.1. The van der Waals surface area contributed by atoms with Crippen molar-refractivity contribution in [2.24, 2.45) is 11.3 Å². The molecule has 0 aliphatic heterocycles. The van der Waals surface area contributed by atoms with Crippen molar-refractivity contribution in [3.05, 3.63) is 23.0 Å². The summed E-state index contributed by atoms with van der Waals surface area (Å²) >= 11 is 1.83. The highest BCUT2D eigenvalue weighted by Crippen LogP contribution is 2.45. The molecule has 8 heteroatoms. The van der Waals surface area contributed by atoms with Crippen LogP contribution in [0, 0.1) is 11.3 Å². The highest BCUT2D eigenvalue weighted by Gasteiger charge is 2.33. The third-order valence-corrected chi connectivity index (χ3v) is 7.94. The van der Waals surface area contributed by atoms with Gasteiger partial charge in [0.2, 0.25) is 5.82 Å². The van der Waals surface area contributed by atoms with Gasteiger partial charge in [0.15, 0.2) is 5.65 Å². The predicted octanol–water partition coefficient (Wildman–Crippen LogP) is 4.35. The Morgan fingerprint density at radius 3 is 2.90 bits per heavy atom. The zero-order valence-electron chi connectivity index (χ0n) is 17.4. The van der Waals surface area contributed by atoms with Crippen molar-refractivity contribution in [2.45, 2.75) is 59.9 Å². The highest BCUT2D eigenvalue weighted by molar-refractivity contribution is 7.19. The van der Waals surface area contributed by atoms with Crippen molar-refractivity contribution in [3.8, 4) is 11.5 Å². The molecule has 4 heterocycles. The molecule has 0 fully saturated rings. The summed E-state index contributed by atoms with van der Waals surface area (Å²) in [6, 6.07) is 0. The Morgan fingerprint density at radius 1 is 1.31 bits per heavy atom. The third kappa shape index (κ3) is 2.76. The van der Waals surface area contributed by atoms with Crippen molar-refractivity contribution in [1.82, 2.24) is 29.4 Å². The van der Waals surface area contributed by atoms with Crippen LogP contribution in [0.4, 0.5) is 5.69 Å². The van der Waals surface area contributed by atoms with Crippen molar-refractivity contribution in [1.29, 1.82) is 0 Å². The second-order valence-electron chi connectivity index (χ2n) is 8.68. The summed E-state index contributed by atoms with van der Waals surface area (Å²) in [6.45, 7) is 9.86. The van der Waals surface area contributed by atoms with E-state index in [0.29, 0.717) is 16.9 Å². The standard InChI is InChI=1S/C21H27N7S/c1-5-21(3,4)12-7-8-13-15(9-12)29-20-16(13)19-25-18(26-28(19)11-23-20)17-14(22)10-24-27(17)6-2/h10-12H,5-9,22H2,1-4H3. The zero-order valence-corrected chi connectivity index (χ0v) is 18.3. The number of rotatable bonds is 4. The minimum atomic E-state index is 0.370. The maximum atomic E-state index is 6.16. The van der Waals surface area contributed by atoms with Crippen LogP contribution in [0.5, 0.6) is 0 Å². The maximum Gasteiger partial charge on any atom is 0.202 e. The van der Waals surface area contributed by atoms with Crippen LogP contribution >= 0.6 is 11.3 Å². The lowest BCUT2D eigenvalue weighted by molar-refractivity contribution is 0.184. The van der Waals surface area contributed by atoms with E-state index in [1.165, 1.54) is 28.7 Å². The van der Waals surface area contributed by atoms with Crippen molar-refractivity contribution >= 4 is 32.9 Å². The van der Waals surface area contributed by atoms with Crippen LogP contribution in [0.1, 0.15) is 51.0 Å². The van der Waals surface area contributed by atoms with E-state index in [1.54, 1.807) is 17.0 Å². The number of aromatic nitrogens is 6. The molecule has 1 aliphatic rings. The van der Waals surface area contributed by atoms with Crippen LogP contribution in [0.2, 0.25) is 0 Å². The van der Waals surface area contributed by atoms with Gasteiger partial charge in [-0.15, -0.1) is 16.4 Å². The summed E-state index contributed by atoms with van der Waals surface area (Å²) in [7, 11) is 0. The fourth-order valence-electron chi connectivity index (χ4n) is 4.51. The minimum absolute atomic E-state index is 0.370.